The molecule has 2 N–H and O–H groups in total. The number of fused-ring (bicyclic) bond motifs is 1. The fourth-order valence-corrected chi connectivity index (χ4v) is 1.62. The Labute approximate surface area is 82.1 Å². The second kappa shape index (κ2) is 3.14. The number of rotatable bonds is 2. The summed E-state index contributed by atoms with van der Waals surface area (Å²) in [7, 11) is 0. The SMILES string of the molecule is C=CCc1c(C)cn2ncnc(N)c12. The molecule has 0 atom stereocenters. The van der Waals surface area contributed by atoms with Crippen LogP contribution in [-0.4, -0.2) is 14.6 Å². The number of nitrogens with two attached hydrogens (primary N) is 1. The van der Waals surface area contributed by atoms with E-state index in [1.165, 1.54) is 6.33 Å². The first kappa shape index (κ1) is 8.74. The molecule has 0 fully saturated rings. The molecule has 0 saturated carbocycles. The molecule has 0 radical (unpaired) electrons. The molecule has 0 unspecified atom stereocenters. The van der Waals surface area contributed by atoms with Gasteiger partial charge in [0.25, 0.3) is 0 Å². The van der Waals surface area contributed by atoms with Gasteiger partial charge in [-0.15, -0.1) is 6.58 Å². The lowest BCUT2D eigenvalue weighted by molar-refractivity contribution is 0.904. The summed E-state index contributed by atoms with van der Waals surface area (Å²) in [6.45, 7) is 5.76. The fourth-order valence-electron chi connectivity index (χ4n) is 1.62. The first-order valence-electron chi connectivity index (χ1n) is 4.42. The van der Waals surface area contributed by atoms with E-state index >= 15 is 0 Å². The van der Waals surface area contributed by atoms with Gasteiger partial charge < -0.3 is 5.73 Å². The Bertz CT molecular complexity index is 484. The van der Waals surface area contributed by atoms with Gasteiger partial charge in [0.05, 0.1) is 0 Å². The molecule has 0 amide bonds. The number of nitrogen functional groups attached to an aromatic ring is 1. The maximum Gasteiger partial charge on any atom is 0.151 e. The van der Waals surface area contributed by atoms with Crippen molar-refractivity contribution >= 4 is 11.3 Å². The van der Waals surface area contributed by atoms with Gasteiger partial charge in [-0.2, -0.15) is 5.10 Å². The summed E-state index contributed by atoms with van der Waals surface area (Å²) in [5.41, 5.74) is 9.00. The Morgan fingerprint density at radius 1 is 1.64 bits per heavy atom. The Kier molecular flexibility index (Phi) is 1.96. The molecule has 2 heterocycles. The number of allylic oxidation sites excluding steroid dienone is 1. The Hall–Kier alpha value is -1.84. The number of nitrogens with zero attached hydrogens (tertiary/aromatic N) is 3. The molecule has 4 nitrogen and oxygen atoms in total. The fraction of sp³-hybridized carbons (Fsp3) is 0.200. The summed E-state index contributed by atoms with van der Waals surface area (Å²) in [6, 6.07) is 0. The normalized spacial score (nSPS) is 10.6. The first-order chi connectivity index (χ1) is 6.74. The van der Waals surface area contributed by atoms with E-state index < -0.39 is 0 Å². The zero-order valence-electron chi connectivity index (χ0n) is 8.07. The van der Waals surface area contributed by atoms with Crippen LogP contribution in [0.3, 0.4) is 0 Å². The molecule has 0 spiro atoms. The maximum absolute atomic E-state index is 5.79. The molecular formula is C10H12N4. The van der Waals surface area contributed by atoms with Crippen LogP contribution in [0.15, 0.2) is 25.2 Å². The number of hydrogen-bond donors (Lipinski definition) is 1. The van der Waals surface area contributed by atoms with Gasteiger partial charge in [0.15, 0.2) is 5.82 Å². The average molecular weight is 188 g/mol. The van der Waals surface area contributed by atoms with Crippen LogP contribution >= 0.6 is 0 Å². The van der Waals surface area contributed by atoms with E-state index in [-0.39, 0.29) is 0 Å². The molecule has 0 aliphatic heterocycles. The van der Waals surface area contributed by atoms with Crippen molar-refractivity contribution in [3.63, 3.8) is 0 Å². The van der Waals surface area contributed by atoms with Crippen molar-refractivity contribution in [3.8, 4) is 0 Å². The quantitative estimate of drug-likeness (QED) is 0.724. The maximum atomic E-state index is 5.79. The van der Waals surface area contributed by atoms with Gasteiger partial charge in [-0.1, -0.05) is 6.08 Å². The van der Waals surface area contributed by atoms with Crippen LogP contribution in [0.1, 0.15) is 11.1 Å². The minimum absolute atomic E-state index is 0.518. The van der Waals surface area contributed by atoms with E-state index in [0.29, 0.717) is 5.82 Å². The second-order valence-electron chi connectivity index (χ2n) is 3.22. The molecule has 72 valence electrons. The molecule has 2 aromatic rings. The lowest BCUT2D eigenvalue weighted by atomic mass is 10.1. The van der Waals surface area contributed by atoms with E-state index in [9.17, 15) is 0 Å². The molecule has 2 rings (SSSR count). The van der Waals surface area contributed by atoms with Crippen molar-refractivity contribution in [3.05, 3.63) is 36.3 Å². The van der Waals surface area contributed by atoms with E-state index in [0.717, 1.165) is 23.1 Å². The highest BCUT2D eigenvalue weighted by Gasteiger charge is 2.09. The highest BCUT2D eigenvalue weighted by molar-refractivity contribution is 5.72. The zero-order valence-corrected chi connectivity index (χ0v) is 8.07. The second-order valence-corrected chi connectivity index (χ2v) is 3.22. The molecule has 0 aliphatic rings. The van der Waals surface area contributed by atoms with Gasteiger partial charge in [-0.3, -0.25) is 0 Å². The summed E-state index contributed by atoms with van der Waals surface area (Å²) in [4.78, 5) is 3.98. The molecular weight excluding hydrogens is 176 g/mol. The van der Waals surface area contributed by atoms with Crippen LogP contribution in [0, 0.1) is 6.92 Å². The Morgan fingerprint density at radius 3 is 3.14 bits per heavy atom. The van der Waals surface area contributed by atoms with Crippen molar-refractivity contribution < 1.29 is 0 Å². The first-order valence-corrected chi connectivity index (χ1v) is 4.42. The van der Waals surface area contributed by atoms with Gasteiger partial charge in [0.1, 0.15) is 11.8 Å². The van der Waals surface area contributed by atoms with Crippen LogP contribution in [0.4, 0.5) is 5.82 Å². The lowest BCUT2D eigenvalue weighted by Crippen LogP contribution is -1.99. The average Bonchev–Trinajstić information content (AvgIpc) is 2.45. The minimum atomic E-state index is 0.518. The predicted octanol–water partition coefficient (Wildman–Crippen LogP) is 1.35. The third kappa shape index (κ3) is 1.16. The van der Waals surface area contributed by atoms with Gasteiger partial charge in [-0.05, 0) is 24.5 Å². The summed E-state index contributed by atoms with van der Waals surface area (Å²) in [5.74, 6) is 0.518. The predicted molar refractivity (Wildman–Crippen MR) is 56.0 cm³/mol. The molecule has 0 aliphatic carbocycles. The van der Waals surface area contributed by atoms with Crippen LogP contribution in [0.2, 0.25) is 0 Å². The highest BCUT2D eigenvalue weighted by Crippen LogP contribution is 2.21. The molecule has 0 saturated heterocycles. The van der Waals surface area contributed by atoms with E-state index in [2.05, 4.69) is 16.7 Å². The monoisotopic (exact) mass is 188 g/mol. The third-order valence-corrected chi connectivity index (χ3v) is 2.27. The van der Waals surface area contributed by atoms with Gasteiger partial charge in [0.2, 0.25) is 0 Å². The van der Waals surface area contributed by atoms with Crippen molar-refractivity contribution in [2.24, 2.45) is 0 Å². The molecule has 0 bridgehead atoms. The molecule has 2 aromatic heterocycles. The minimum Gasteiger partial charge on any atom is -0.382 e. The van der Waals surface area contributed by atoms with Crippen LogP contribution in [0.5, 0.6) is 0 Å². The van der Waals surface area contributed by atoms with Crippen molar-refractivity contribution in [1.29, 1.82) is 0 Å². The summed E-state index contributed by atoms with van der Waals surface area (Å²) < 4.78 is 1.76. The summed E-state index contributed by atoms with van der Waals surface area (Å²) >= 11 is 0. The number of aromatic nitrogens is 3. The van der Waals surface area contributed by atoms with Gasteiger partial charge in [0, 0.05) is 6.20 Å². The van der Waals surface area contributed by atoms with Crippen LogP contribution in [-0.2, 0) is 6.42 Å². The van der Waals surface area contributed by atoms with Crippen molar-refractivity contribution in [2.75, 3.05) is 5.73 Å². The van der Waals surface area contributed by atoms with Gasteiger partial charge in [-0.25, -0.2) is 9.50 Å². The molecule has 14 heavy (non-hydrogen) atoms. The highest BCUT2D eigenvalue weighted by atomic mass is 15.2. The topological polar surface area (TPSA) is 56.2 Å². The Balaban J connectivity index is 2.79. The zero-order chi connectivity index (χ0) is 10.1. The summed E-state index contributed by atoms with van der Waals surface area (Å²) in [6.07, 6.45) is 6.06. The lowest BCUT2D eigenvalue weighted by Gasteiger charge is -1.99. The standard InChI is InChI=1S/C10H12N4/c1-3-4-8-7(2)5-14-9(8)10(11)12-6-13-14/h3,5-6H,1,4H2,2H3,(H2,11,12,13). The van der Waals surface area contributed by atoms with Crippen molar-refractivity contribution in [1.82, 2.24) is 14.6 Å². The number of aryl methyl sites for hydroxylation is 1. The van der Waals surface area contributed by atoms with Crippen LogP contribution < -0.4 is 5.73 Å². The largest absolute Gasteiger partial charge is 0.382 e. The number of anilines is 1. The van der Waals surface area contributed by atoms with E-state index in [1.807, 2.05) is 19.2 Å². The van der Waals surface area contributed by atoms with E-state index in [4.69, 9.17) is 5.73 Å². The summed E-state index contributed by atoms with van der Waals surface area (Å²) in [5, 5.41) is 4.10. The van der Waals surface area contributed by atoms with Crippen LogP contribution in [0.25, 0.3) is 5.52 Å². The van der Waals surface area contributed by atoms with Crippen molar-refractivity contribution in [2.45, 2.75) is 13.3 Å². The molecule has 0 aromatic carbocycles. The van der Waals surface area contributed by atoms with Gasteiger partial charge >= 0.3 is 0 Å². The third-order valence-electron chi connectivity index (χ3n) is 2.27. The molecule has 4 heteroatoms. The number of hydrogen-bond acceptors (Lipinski definition) is 3. The smallest absolute Gasteiger partial charge is 0.151 e. The van der Waals surface area contributed by atoms with E-state index in [1.54, 1.807) is 4.52 Å². The Morgan fingerprint density at radius 2 is 2.43 bits per heavy atom.